The number of benzene rings is 1. The summed E-state index contributed by atoms with van der Waals surface area (Å²) in [7, 11) is 2.58. The molecule has 2 aromatic heterocycles. The normalized spacial score (nSPS) is 19.1. The largest absolute Gasteiger partial charge is 0.413 e. The Morgan fingerprint density at radius 2 is 1.94 bits per heavy atom. The van der Waals surface area contributed by atoms with Crippen LogP contribution in [0.2, 0.25) is 5.15 Å². The third-order valence-electron chi connectivity index (χ3n) is 6.96. The van der Waals surface area contributed by atoms with Crippen LogP contribution in [0.5, 0.6) is 0 Å². The number of alkyl halides is 3. The first kappa shape index (κ1) is 24.4. The minimum atomic E-state index is -4.69. The summed E-state index contributed by atoms with van der Waals surface area (Å²) in [6.45, 7) is 0.664. The van der Waals surface area contributed by atoms with Crippen LogP contribution in [0.3, 0.4) is 0 Å². The van der Waals surface area contributed by atoms with E-state index in [1.807, 2.05) is 4.90 Å². The molecular formula is C24H24ClF3N6O2. The van der Waals surface area contributed by atoms with Crippen molar-refractivity contribution in [3.05, 3.63) is 52.9 Å². The van der Waals surface area contributed by atoms with Crippen molar-refractivity contribution in [2.24, 2.45) is 0 Å². The zero-order valence-electron chi connectivity index (χ0n) is 19.7. The highest BCUT2D eigenvalue weighted by Gasteiger charge is 2.47. The molecule has 0 saturated carbocycles. The Bertz CT molecular complexity index is 1330. The molecule has 36 heavy (non-hydrogen) atoms. The average molecular weight is 521 g/mol. The second-order valence-electron chi connectivity index (χ2n) is 9.13. The fourth-order valence-electron chi connectivity index (χ4n) is 5.12. The van der Waals surface area contributed by atoms with Gasteiger partial charge in [-0.2, -0.15) is 18.3 Å². The quantitative estimate of drug-likeness (QED) is 0.517. The van der Waals surface area contributed by atoms with E-state index in [1.54, 1.807) is 28.9 Å². The molecule has 1 saturated heterocycles. The summed E-state index contributed by atoms with van der Waals surface area (Å²) in [5, 5.41) is 4.64. The molecule has 0 aliphatic carbocycles. The van der Waals surface area contributed by atoms with Crippen LogP contribution in [0.25, 0.3) is 5.65 Å². The third kappa shape index (κ3) is 4.15. The van der Waals surface area contributed by atoms with Gasteiger partial charge in [0, 0.05) is 38.8 Å². The maximum Gasteiger partial charge on any atom is 0.413 e. The Labute approximate surface area is 210 Å². The van der Waals surface area contributed by atoms with Crippen LogP contribution in [-0.4, -0.2) is 69.1 Å². The van der Waals surface area contributed by atoms with Crippen molar-refractivity contribution in [3.63, 3.8) is 0 Å². The van der Waals surface area contributed by atoms with Crippen molar-refractivity contribution in [3.8, 4) is 0 Å². The lowest BCUT2D eigenvalue weighted by Crippen LogP contribution is -2.48. The van der Waals surface area contributed by atoms with Gasteiger partial charge in [-0.1, -0.05) is 23.7 Å². The number of anilines is 2. The van der Waals surface area contributed by atoms with Crippen molar-refractivity contribution in [2.75, 3.05) is 25.5 Å². The first-order valence-corrected chi connectivity index (χ1v) is 11.9. The lowest BCUT2D eigenvalue weighted by Gasteiger charge is -2.34. The summed E-state index contributed by atoms with van der Waals surface area (Å²) in [4.78, 5) is 33.1. The van der Waals surface area contributed by atoms with Gasteiger partial charge in [0.05, 0.1) is 17.6 Å². The molecule has 2 atom stereocenters. The second kappa shape index (κ2) is 8.95. The van der Waals surface area contributed by atoms with Gasteiger partial charge in [-0.3, -0.25) is 9.59 Å². The van der Waals surface area contributed by atoms with Gasteiger partial charge in [0.15, 0.2) is 16.8 Å². The predicted molar refractivity (Wildman–Crippen MR) is 127 cm³/mol. The van der Waals surface area contributed by atoms with E-state index in [-0.39, 0.29) is 24.3 Å². The standard InChI is InChI=1S/C24H24ClF3N6O2/c1-31-17(9-10-21(31)35)23(36)32(2)22(24(26,27)28)14-5-7-15(8-6-14)33-11-3-4-16-18(33)13-29-20-12-19(25)30-34(16)20/h5-8,12-13,17,22H,3-4,9-11H2,1-2H3/t17-,22-/m0/s1. The van der Waals surface area contributed by atoms with Crippen LogP contribution in [0.4, 0.5) is 24.5 Å². The molecule has 0 unspecified atom stereocenters. The second-order valence-corrected chi connectivity index (χ2v) is 9.51. The summed E-state index contributed by atoms with van der Waals surface area (Å²) >= 11 is 6.04. The average Bonchev–Trinajstić information content (AvgIpc) is 3.39. The number of aryl methyl sites for hydroxylation is 1. The topological polar surface area (TPSA) is 74.1 Å². The summed E-state index contributed by atoms with van der Waals surface area (Å²) < 4.78 is 44.2. The Morgan fingerprint density at radius 1 is 1.22 bits per heavy atom. The lowest BCUT2D eigenvalue weighted by molar-refractivity contribution is -0.190. The Kier molecular flexibility index (Phi) is 6.06. The van der Waals surface area contributed by atoms with Crippen LogP contribution < -0.4 is 4.90 Å². The molecule has 2 amide bonds. The molecule has 1 fully saturated rings. The highest BCUT2D eigenvalue weighted by Crippen LogP contribution is 2.40. The molecule has 5 rings (SSSR count). The van der Waals surface area contributed by atoms with Gasteiger partial charge < -0.3 is 14.7 Å². The zero-order chi connectivity index (χ0) is 25.8. The molecule has 0 spiro atoms. The maximum absolute atomic E-state index is 14.2. The van der Waals surface area contributed by atoms with Gasteiger partial charge in [0.1, 0.15) is 6.04 Å². The fraction of sp³-hybridized carbons (Fsp3) is 0.417. The van der Waals surface area contributed by atoms with E-state index in [4.69, 9.17) is 11.6 Å². The molecule has 2 aliphatic rings. The van der Waals surface area contributed by atoms with Crippen molar-refractivity contribution < 1.29 is 22.8 Å². The van der Waals surface area contributed by atoms with Gasteiger partial charge in [-0.15, -0.1) is 0 Å². The van der Waals surface area contributed by atoms with E-state index in [1.165, 1.54) is 24.1 Å². The highest BCUT2D eigenvalue weighted by molar-refractivity contribution is 6.29. The van der Waals surface area contributed by atoms with Crippen molar-refractivity contribution in [1.82, 2.24) is 24.4 Å². The summed E-state index contributed by atoms with van der Waals surface area (Å²) in [5.41, 5.74) is 3.02. The van der Waals surface area contributed by atoms with E-state index in [2.05, 4.69) is 10.1 Å². The first-order chi connectivity index (χ1) is 17.1. The minimum Gasteiger partial charge on any atom is -0.339 e. The summed E-state index contributed by atoms with van der Waals surface area (Å²) in [6.07, 6.45) is -1.03. The van der Waals surface area contributed by atoms with E-state index in [9.17, 15) is 22.8 Å². The monoisotopic (exact) mass is 520 g/mol. The fourth-order valence-corrected chi connectivity index (χ4v) is 5.29. The number of fused-ring (bicyclic) bond motifs is 3. The summed E-state index contributed by atoms with van der Waals surface area (Å²) in [6, 6.07) is 4.67. The van der Waals surface area contributed by atoms with Gasteiger partial charge in [-0.05, 0) is 37.0 Å². The van der Waals surface area contributed by atoms with E-state index < -0.39 is 24.2 Å². The maximum atomic E-state index is 14.2. The Balaban J connectivity index is 1.44. The van der Waals surface area contributed by atoms with Gasteiger partial charge >= 0.3 is 6.18 Å². The van der Waals surface area contributed by atoms with E-state index in [0.717, 1.165) is 31.3 Å². The smallest absolute Gasteiger partial charge is 0.339 e. The van der Waals surface area contributed by atoms with Crippen LogP contribution >= 0.6 is 11.6 Å². The van der Waals surface area contributed by atoms with Crippen molar-refractivity contribution >= 4 is 40.4 Å². The molecule has 0 N–H and O–H groups in total. The number of halogens is 4. The number of nitrogens with zero attached hydrogens (tertiary/aromatic N) is 6. The number of rotatable bonds is 4. The van der Waals surface area contributed by atoms with E-state index in [0.29, 0.717) is 27.9 Å². The molecule has 3 aromatic rings. The molecule has 1 aromatic carbocycles. The van der Waals surface area contributed by atoms with Crippen molar-refractivity contribution in [1.29, 1.82) is 0 Å². The SMILES string of the molecule is CN(C(=O)[C@@H]1CCC(=O)N1C)[C@@H](c1ccc(N2CCCc3c2cnc2cc(Cl)nn32)cc1)C(F)(F)F. The van der Waals surface area contributed by atoms with E-state index >= 15 is 0 Å². The number of carbonyl (C=O) groups excluding carboxylic acids is 2. The number of hydrogen-bond acceptors (Lipinski definition) is 5. The highest BCUT2D eigenvalue weighted by atomic mass is 35.5. The number of amides is 2. The lowest BCUT2D eigenvalue weighted by atomic mass is 10.0. The molecule has 2 aliphatic heterocycles. The number of likely N-dealkylation sites (N-methyl/N-ethyl adjacent to an activating group) is 2. The molecule has 0 radical (unpaired) electrons. The van der Waals surface area contributed by atoms with Gasteiger partial charge in [-0.25, -0.2) is 9.50 Å². The zero-order valence-corrected chi connectivity index (χ0v) is 20.4. The van der Waals surface area contributed by atoms with Gasteiger partial charge in [0.2, 0.25) is 11.8 Å². The summed E-state index contributed by atoms with van der Waals surface area (Å²) in [5.74, 6) is -0.978. The Morgan fingerprint density at radius 3 is 2.58 bits per heavy atom. The van der Waals surface area contributed by atoms with Crippen LogP contribution in [0, 0.1) is 0 Å². The van der Waals surface area contributed by atoms with Crippen LogP contribution in [-0.2, 0) is 16.0 Å². The minimum absolute atomic E-state index is 0.0567. The van der Waals surface area contributed by atoms with Crippen LogP contribution in [0.15, 0.2) is 36.5 Å². The molecular weight excluding hydrogens is 497 g/mol. The van der Waals surface area contributed by atoms with Crippen molar-refractivity contribution in [2.45, 2.75) is 43.9 Å². The molecule has 190 valence electrons. The molecule has 12 heteroatoms. The number of carbonyl (C=O) groups is 2. The molecule has 8 nitrogen and oxygen atoms in total. The predicted octanol–water partition coefficient (Wildman–Crippen LogP) is 4.15. The number of aromatic nitrogens is 3. The third-order valence-corrected chi connectivity index (χ3v) is 7.15. The van der Waals surface area contributed by atoms with Crippen LogP contribution in [0.1, 0.15) is 36.6 Å². The molecule has 0 bridgehead atoms. The first-order valence-electron chi connectivity index (χ1n) is 11.6. The molecule has 4 heterocycles. The Hall–Kier alpha value is -3.34. The van der Waals surface area contributed by atoms with Gasteiger partial charge in [0.25, 0.3) is 0 Å². The number of likely N-dealkylation sites (tertiary alicyclic amines) is 1. The number of hydrogen-bond donors (Lipinski definition) is 0.